The van der Waals surface area contributed by atoms with Gasteiger partial charge in [0.15, 0.2) is 11.0 Å². The van der Waals surface area contributed by atoms with E-state index in [1.54, 1.807) is 0 Å². The second-order valence-corrected chi connectivity index (χ2v) is 11.6. The van der Waals surface area contributed by atoms with Crippen LogP contribution in [0.1, 0.15) is 5.82 Å². The van der Waals surface area contributed by atoms with Crippen LogP contribution in [0.3, 0.4) is 0 Å². The van der Waals surface area contributed by atoms with E-state index in [-0.39, 0.29) is 23.0 Å². The van der Waals surface area contributed by atoms with Gasteiger partial charge in [0, 0.05) is 28.7 Å². The average molecular weight is 552 g/mol. The van der Waals surface area contributed by atoms with Crippen LogP contribution in [0, 0.1) is 0 Å². The zero-order chi connectivity index (χ0) is 25.2. The molecule has 7 nitrogen and oxygen atoms in total. The van der Waals surface area contributed by atoms with E-state index in [1.165, 1.54) is 11.8 Å². The lowest BCUT2D eigenvalue weighted by Crippen LogP contribution is -2.48. The van der Waals surface area contributed by atoms with Crippen LogP contribution in [0.25, 0.3) is 5.69 Å². The predicted octanol–water partition coefficient (Wildman–Crippen LogP) is 4.85. The summed E-state index contributed by atoms with van der Waals surface area (Å²) in [6, 6.07) is 15.8. The molecule has 190 valence electrons. The summed E-state index contributed by atoms with van der Waals surface area (Å²) in [5, 5.41) is 10.6. The van der Waals surface area contributed by atoms with Gasteiger partial charge in [0.05, 0.1) is 42.5 Å². The number of amides is 1. The number of allylic oxidation sites excluding steroid dienone is 2. The number of carbonyl (C=O) groups is 1. The fraction of sp³-hybridized carbons (Fsp3) is 0.296. The highest BCUT2D eigenvalue weighted by atomic mass is 35.5. The number of carbonyl (C=O) groups excluding carboxylic acids is 1. The molecule has 37 heavy (non-hydrogen) atoms. The van der Waals surface area contributed by atoms with E-state index < -0.39 is 0 Å². The minimum absolute atomic E-state index is 0.0102. The zero-order valence-electron chi connectivity index (χ0n) is 20.1. The van der Waals surface area contributed by atoms with Crippen LogP contribution in [0.2, 0.25) is 5.02 Å². The summed E-state index contributed by atoms with van der Waals surface area (Å²) in [4.78, 5) is 19.1. The van der Waals surface area contributed by atoms with Crippen molar-refractivity contribution in [2.75, 3.05) is 37.0 Å². The molecule has 2 atom stereocenters. The number of morpholine rings is 1. The molecule has 1 amide bonds. The van der Waals surface area contributed by atoms with Crippen LogP contribution in [-0.4, -0.2) is 68.9 Å². The van der Waals surface area contributed by atoms with E-state index in [2.05, 4.69) is 39.4 Å². The molecule has 0 radical (unpaired) electrons. The van der Waals surface area contributed by atoms with Crippen LogP contribution in [0.4, 0.5) is 5.69 Å². The number of thioether (sulfide) groups is 2. The van der Waals surface area contributed by atoms with E-state index >= 15 is 0 Å². The number of hydrogen-bond acceptors (Lipinski definition) is 7. The van der Waals surface area contributed by atoms with Gasteiger partial charge in [-0.2, -0.15) is 0 Å². The Labute approximate surface area is 229 Å². The minimum atomic E-state index is -0.0102. The number of rotatable bonds is 6. The van der Waals surface area contributed by atoms with Gasteiger partial charge in [0.2, 0.25) is 5.91 Å². The summed E-state index contributed by atoms with van der Waals surface area (Å²) in [6.07, 6.45) is 8.38. The maximum absolute atomic E-state index is 13.7. The van der Waals surface area contributed by atoms with Crippen LogP contribution < -0.4 is 4.90 Å². The van der Waals surface area contributed by atoms with Crippen molar-refractivity contribution in [3.05, 3.63) is 83.7 Å². The standard InChI is InChI=1S/C27H26ClN5O2S2/c28-19-9-11-20(12-10-19)32-25(17-31-13-15-35-16-14-31)29-30-27(32)36-18-26(34)33-21-5-1-3-7-23(21)37-24-8-4-2-6-22(24)33/h1-12,21,23H,13-18H2/t21-,23-/m1/s1. The van der Waals surface area contributed by atoms with Crippen LogP contribution in [0.5, 0.6) is 0 Å². The van der Waals surface area contributed by atoms with Gasteiger partial charge in [-0.1, -0.05) is 59.8 Å². The SMILES string of the molecule is O=C(CSc1nnc(CN2CCOCC2)n1-c1ccc(Cl)cc1)N1c2ccccc2S[C@@H]2C=CC=C[C@H]21. The van der Waals surface area contributed by atoms with Crippen molar-refractivity contribution in [1.29, 1.82) is 0 Å². The van der Waals surface area contributed by atoms with Crippen molar-refractivity contribution in [3.8, 4) is 5.69 Å². The maximum Gasteiger partial charge on any atom is 0.238 e. The van der Waals surface area contributed by atoms with Gasteiger partial charge in [-0.3, -0.25) is 14.3 Å². The van der Waals surface area contributed by atoms with Crippen LogP contribution in [0.15, 0.2) is 82.9 Å². The van der Waals surface area contributed by atoms with Gasteiger partial charge < -0.3 is 9.64 Å². The number of ether oxygens (including phenoxy) is 1. The molecule has 0 unspecified atom stereocenters. The molecule has 2 aliphatic heterocycles. The monoisotopic (exact) mass is 551 g/mol. The highest BCUT2D eigenvalue weighted by Gasteiger charge is 2.36. The molecule has 0 N–H and O–H groups in total. The van der Waals surface area contributed by atoms with Gasteiger partial charge >= 0.3 is 0 Å². The first-order valence-electron chi connectivity index (χ1n) is 12.2. The lowest BCUT2D eigenvalue weighted by molar-refractivity contribution is -0.116. The molecule has 1 fully saturated rings. The second-order valence-electron chi connectivity index (χ2n) is 8.96. The Bertz CT molecular complexity index is 1340. The third-order valence-corrected chi connectivity index (χ3v) is 9.06. The number of hydrogen-bond donors (Lipinski definition) is 0. The molecule has 0 bridgehead atoms. The second kappa shape index (κ2) is 11.0. The average Bonchev–Trinajstić information content (AvgIpc) is 3.33. The minimum Gasteiger partial charge on any atom is -0.379 e. The smallest absolute Gasteiger partial charge is 0.238 e. The van der Waals surface area contributed by atoms with E-state index in [1.807, 2.05) is 69.8 Å². The highest BCUT2D eigenvalue weighted by molar-refractivity contribution is 8.00. The number of anilines is 1. The fourth-order valence-corrected chi connectivity index (χ4v) is 7.00. The van der Waals surface area contributed by atoms with Gasteiger partial charge in [-0.05, 0) is 36.4 Å². The Morgan fingerprint density at radius 3 is 2.68 bits per heavy atom. The first-order chi connectivity index (χ1) is 18.2. The van der Waals surface area contributed by atoms with Crippen molar-refractivity contribution < 1.29 is 9.53 Å². The quantitative estimate of drug-likeness (QED) is 0.406. The summed E-state index contributed by atoms with van der Waals surface area (Å²) in [5.41, 5.74) is 1.89. The van der Waals surface area contributed by atoms with E-state index in [0.29, 0.717) is 29.9 Å². The maximum atomic E-state index is 13.7. The number of benzene rings is 2. The Morgan fingerprint density at radius 2 is 1.84 bits per heavy atom. The third-order valence-electron chi connectivity index (χ3n) is 6.59. The Hall–Kier alpha value is -2.56. The highest BCUT2D eigenvalue weighted by Crippen LogP contribution is 2.43. The normalized spacial score (nSPS) is 21.1. The zero-order valence-corrected chi connectivity index (χ0v) is 22.5. The predicted molar refractivity (Wildman–Crippen MR) is 149 cm³/mol. The summed E-state index contributed by atoms with van der Waals surface area (Å²) in [5.74, 6) is 1.13. The van der Waals surface area contributed by atoms with Crippen LogP contribution >= 0.6 is 35.1 Å². The molecule has 1 aliphatic carbocycles. The molecular weight excluding hydrogens is 526 g/mol. The summed E-state index contributed by atoms with van der Waals surface area (Å²) < 4.78 is 7.54. The Balaban J connectivity index is 1.26. The fourth-order valence-electron chi connectivity index (χ4n) is 4.78. The molecule has 0 spiro atoms. The van der Waals surface area contributed by atoms with Gasteiger partial charge in [0.1, 0.15) is 0 Å². The van der Waals surface area contributed by atoms with Crippen molar-refractivity contribution in [1.82, 2.24) is 19.7 Å². The molecule has 0 saturated carbocycles. The van der Waals surface area contributed by atoms with Gasteiger partial charge in [-0.15, -0.1) is 22.0 Å². The van der Waals surface area contributed by atoms with Crippen molar-refractivity contribution in [2.24, 2.45) is 0 Å². The number of fused-ring (bicyclic) bond motifs is 2. The topological polar surface area (TPSA) is 63.5 Å². The van der Waals surface area contributed by atoms with E-state index in [4.69, 9.17) is 16.3 Å². The van der Waals surface area contributed by atoms with Crippen LogP contribution in [-0.2, 0) is 16.1 Å². The molecule has 6 rings (SSSR count). The molecule has 3 heterocycles. The number of para-hydroxylation sites is 1. The molecule has 1 saturated heterocycles. The van der Waals surface area contributed by atoms with Crippen molar-refractivity contribution >= 4 is 46.7 Å². The van der Waals surface area contributed by atoms with Gasteiger partial charge in [0.25, 0.3) is 0 Å². The van der Waals surface area contributed by atoms with Crippen molar-refractivity contribution in [3.63, 3.8) is 0 Å². The molecule has 2 aromatic carbocycles. The summed E-state index contributed by atoms with van der Waals surface area (Å²) in [7, 11) is 0. The molecule has 3 aromatic rings. The first kappa shape index (κ1) is 24.8. The number of aromatic nitrogens is 3. The number of nitrogens with zero attached hydrogens (tertiary/aromatic N) is 5. The first-order valence-corrected chi connectivity index (χ1v) is 14.5. The summed E-state index contributed by atoms with van der Waals surface area (Å²) in [6.45, 7) is 3.79. The third kappa shape index (κ3) is 5.24. The molecule has 10 heteroatoms. The number of halogens is 1. The molecule has 1 aromatic heterocycles. The summed E-state index contributed by atoms with van der Waals surface area (Å²) >= 11 is 9.39. The van der Waals surface area contributed by atoms with Gasteiger partial charge in [-0.25, -0.2) is 0 Å². The molecule has 3 aliphatic rings. The molecular formula is C27H26ClN5O2S2. The Kier molecular flexibility index (Phi) is 7.39. The largest absolute Gasteiger partial charge is 0.379 e. The van der Waals surface area contributed by atoms with E-state index in [0.717, 1.165) is 35.2 Å². The lowest BCUT2D eigenvalue weighted by atomic mass is 10.0. The van der Waals surface area contributed by atoms with Crippen molar-refractivity contribution in [2.45, 2.75) is 27.9 Å². The van der Waals surface area contributed by atoms with E-state index in [9.17, 15) is 4.79 Å². The lowest BCUT2D eigenvalue weighted by Gasteiger charge is -2.40. The Morgan fingerprint density at radius 1 is 1.05 bits per heavy atom.